The molecule has 0 spiro atoms. The van der Waals surface area contributed by atoms with Crippen LogP contribution in [-0.2, 0) is 19.0 Å². The molecule has 0 radical (unpaired) electrons. The number of carbonyl (C=O) groups excluding carboxylic acids is 1. The largest absolute Gasteiger partial charge is 0.433 e. The Morgan fingerprint density at radius 1 is 1.11 bits per heavy atom. The number of ketones is 1. The zero-order valence-corrected chi connectivity index (χ0v) is 15.1. The number of thiophene rings is 1. The van der Waals surface area contributed by atoms with Gasteiger partial charge in [0.05, 0.1) is 11.3 Å². The number of aryl methyl sites for hydroxylation is 1. The molecule has 2 N–H and O–H groups in total. The molecule has 9 heteroatoms. The van der Waals surface area contributed by atoms with Crippen LogP contribution in [0.5, 0.6) is 0 Å². The molecule has 0 fully saturated rings. The number of anilines is 1. The zero-order chi connectivity index (χ0) is 20.2. The maximum atomic E-state index is 14.0. The van der Waals surface area contributed by atoms with Crippen LogP contribution in [0, 0.1) is 11.6 Å². The summed E-state index contributed by atoms with van der Waals surface area (Å²) in [6.07, 6.45) is -2.68. The summed E-state index contributed by atoms with van der Waals surface area (Å²) in [6.45, 7) is 0. The number of alkyl halides is 3. The van der Waals surface area contributed by atoms with Crippen LogP contribution in [0.3, 0.4) is 0 Å². The molecular formula is C19H13F5N2OS. The number of rotatable bonds is 2. The minimum Gasteiger partial charge on any atom is -0.397 e. The van der Waals surface area contributed by atoms with Crippen molar-refractivity contribution in [3.8, 4) is 0 Å². The summed E-state index contributed by atoms with van der Waals surface area (Å²) in [5.74, 6) is -2.71. The standard InChI is InChI=1S/C19H13F5N2OS/c20-8-5-6-11(12(21)7-8)15(27)16-14(25)13-9-3-1-2-4-10(9)17(19(22,23)24)26-18(13)28-16/h5-7H,1-4,25H2. The normalized spacial score (nSPS) is 14.3. The number of aromatic nitrogens is 1. The van der Waals surface area contributed by atoms with E-state index in [-0.39, 0.29) is 27.4 Å². The smallest absolute Gasteiger partial charge is 0.397 e. The second-order valence-electron chi connectivity index (χ2n) is 6.60. The van der Waals surface area contributed by atoms with Gasteiger partial charge >= 0.3 is 6.18 Å². The minimum atomic E-state index is -4.62. The van der Waals surface area contributed by atoms with E-state index in [1.165, 1.54) is 0 Å². The quantitative estimate of drug-likeness (QED) is 0.460. The van der Waals surface area contributed by atoms with Gasteiger partial charge in [-0.25, -0.2) is 13.8 Å². The van der Waals surface area contributed by atoms with Crippen LogP contribution in [0.15, 0.2) is 18.2 Å². The van der Waals surface area contributed by atoms with E-state index >= 15 is 0 Å². The van der Waals surface area contributed by atoms with E-state index in [0.717, 1.165) is 12.1 Å². The summed E-state index contributed by atoms with van der Waals surface area (Å²) in [4.78, 5) is 16.4. The Morgan fingerprint density at radius 3 is 2.43 bits per heavy atom. The van der Waals surface area contributed by atoms with Crippen molar-refractivity contribution in [3.05, 3.63) is 57.1 Å². The number of nitrogens with zero attached hydrogens (tertiary/aromatic N) is 1. The van der Waals surface area contributed by atoms with Crippen molar-refractivity contribution in [1.29, 1.82) is 0 Å². The SMILES string of the molecule is Nc1c(C(=O)c2ccc(F)cc2F)sc2nc(C(F)(F)F)c3c(c12)CCCC3. The van der Waals surface area contributed by atoms with Crippen molar-refractivity contribution in [2.24, 2.45) is 0 Å². The molecule has 0 bridgehead atoms. The minimum absolute atomic E-state index is 0.00338. The highest BCUT2D eigenvalue weighted by Crippen LogP contribution is 2.44. The third kappa shape index (κ3) is 2.94. The van der Waals surface area contributed by atoms with E-state index in [2.05, 4.69) is 4.98 Å². The summed E-state index contributed by atoms with van der Waals surface area (Å²) < 4.78 is 67.6. The molecule has 2 heterocycles. The van der Waals surface area contributed by atoms with E-state index in [1.54, 1.807) is 0 Å². The van der Waals surface area contributed by atoms with Gasteiger partial charge in [-0.05, 0) is 48.9 Å². The summed E-state index contributed by atoms with van der Waals surface area (Å²) in [5.41, 5.74) is 5.32. The Kier molecular flexibility index (Phi) is 4.37. The van der Waals surface area contributed by atoms with Gasteiger partial charge in [0, 0.05) is 11.5 Å². The molecule has 0 aliphatic heterocycles. The van der Waals surface area contributed by atoms with Gasteiger partial charge < -0.3 is 5.73 Å². The second kappa shape index (κ2) is 6.51. The fraction of sp³-hybridized carbons (Fsp3) is 0.263. The number of fused-ring (bicyclic) bond motifs is 3. The van der Waals surface area contributed by atoms with Crippen LogP contribution in [0.1, 0.15) is 44.9 Å². The van der Waals surface area contributed by atoms with Gasteiger partial charge in [-0.3, -0.25) is 4.79 Å². The number of nitrogen functional groups attached to an aromatic ring is 1. The fourth-order valence-electron chi connectivity index (χ4n) is 3.61. The van der Waals surface area contributed by atoms with Gasteiger partial charge in [0.15, 0.2) is 0 Å². The van der Waals surface area contributed by atoms with Crippen molar-refractivity contribution < 1.29 is 26.7 Å². The predicted octanol–water partition coefficient (Wildman–Crippen LogP) is 5.29. The van der Waals surface area contributed by atoms with E-state index < -0.39 is 34.9 Å². The molecule has 3 aromatic rings. The van der Waals surface area contributed by atoms with Crippen molar-refractivity contribution in [2.45, 2.75) is 31.9 Å². The average molecular weight is 412 g/mol. The molecule has 0 saturated heterocycles. The fourth-order valence-corrected chi connectivity index (χ4v) is 4.69. The number of benzene rings is 1. The molecule has 0 saturated carbocycles. The zero-order valence-electron chi connectivity index (χ0n) is 14.3. The van der Waals surface area contributed by atoms with Gasteiger partial charge in [-0.1, -0.05) is 0 Å². The van der Waals surface area contributed by atoms with Crippen LogP contribution in [0.4, 0.5) is 27.6 Å². The summed E-state index contributed by atoms with van der Waals surface area (Å²) >= 11 is 0.697. The Morgan fingerprint density at radius 2 is 1.79 bits per heavy atom. The lowest BCUT2D eigenvalue weighted by Crippen LogP contribution is -2.17. The van der Waals surface area contributed by atoms with Crippen LogP contribution in [0.2, 0.25) is 0 Å². The number of hydrogen-bond donors (Lipinski definition) is 1. The lowest BCUT2D eigenvalue weighted by atomic mass is 9.88. The summed E-state index contributed by atoms with van der Waals surface area (Å²) in [6, 6.07) is 2.49. The first-order valence-electron chi connectivity index (χ1n) is 8.49. The molecule has 0 amide bonds. The van der Waals surface area contributed by atoms with Crippen molar-refractivity contribution >= 4 is 33.0 Å². The number of carbonyl (C=O) groups is 1. The Bertz CT molecular complexity index is 1120. The molecule has 28 heavy (non-hydrogen) atoms. The topological polar surface area (TPSA) is 56.0 Å². The molecule has 146 valence electrons. The van der Waals surface area contributed by atoms with Gasteiger partial charge in [0.1, 0.15) is 27.0 Å². The highest BCUT2D eigenvalue weighted by molar-refractivity contribution is 7.21. The highest BCUT2D eigenvalue weighted by Gasteiger charge is 2.38. The number of hydrogen-bond acceptors (Lipinski definition) is 4. The van der Waals surface area contributed by atoms with Gasteiger partial charge in [-0.15, -0.1) is 11.3 Å². The van der Waals surface area contributed by atoms with E-state index in [1.807, 2.05) is 0 Å². The summed E-state index contributed by atoms with van der Waals surface area (Å²) in [7, 11) is 0. The molecular weight excluding hydrogens is 399 g/mol. The number of nitrogens with two attached hydrogens (primary N) is 1. The molecule has 1 aromatic carbocycles. The van der Waals surface area contributed by atoms with E-state index in [0.29, 0.717) is 47.6 Å². The maximum absolute atomic E-state index is 14.0. The molecule has 2 aromatic heterocycles. The van der Waals surface area contributed by atoms with Crippen LogP contribution < -0.4 is 5.73 Å². The monoisotopic (exact) mass is 412 g/mol. The lowest BCUT2D eigenvalue weighted by molar-refractivity contribution is -0.141. The Hall–Kier alpha value is -2.55. The summed E-state index contributed by atoms with van der Waals surface area (Å²) in [5, 5.41) is 0.332. The third-order valence-electron chi connectivity index (χ3n) is 4.85. The molecule has 1 aliphatic rings. The molecule has 0 atom stereocenters. The second-order valence-corrected chi connectivity index (χ2v) is 7.60. The predicted molar refractivity (Wildman–Crippen MR) is 95.5 cm³/mol. The van der Waals surface area contributed by atoms with Gasteiger partial charge in [-0.2, -0.15) is 13.2 Å². The average Bonchev–Trinajstić information content (AvgIpc) is 2.97. The Labute approximate surface area is 160 Å². The lowest BCUT2D eigenvalue weighted by Gasteiger charge is -2.21. The first kappa shape index (κ1) is 18.8. The van der Waals surface area contributed by atoms with Crippen LogP contribution in [0.25, 0.3) is 10.2 Å². The van der Waals surface area contributed by atoms with Crippen molar-refractivity contribution in [2.75, 3.05) is 5.73 Å². The molecule has 1 aliphatic carbocycles. The van der Waals surface area contributed by atoms with Crippen LogP contribution in [-0.4, -0.2) is 10.8 Å². The third-order valence-corrected chi connectivity index (χ3v) is 5.94. The maximum Gasteiger partial charge on any atom is 0.433 e. The van der Waals surface area contributed by atoms with Crippen LogP contribution >= 0.6 is 11.3 Å². The molecule has 4 rings (SSSR count). The van der Waals surface area contributed by atoms with E-state index in [4.69, 9.17) is 5.73 Å². The first-order chi connectivity index (χ1) is 13.2. The van der Waals surface area contributed by atoms with Crippen molar-refractivity contribution in [1.82, 2.24) is 4.98 Å². The molecule has 3 nitrogen and oxygen atoms in total. The van der Waals surface area contributed by atoms with Crippen molar-refractivity contribution in [3.63, 3.8) is 0 Å². The number of pyridine rings is 1. The van der Waals surface area contributed by atoms with E-state index in [9.17, 15) is 26.7 Å². The highest BCUT2D eigenvalue weighted by atomic mass is 32.1. The first-order valence-corrected chi connectivity index (χ1v) is 9.30. The van der Waals surface area contributed by atoms with Gasteiger partial charge in [0.25, 0.3) is 0 Å². The van der Waals surface area contributed by atoms with Gasteiger partial charge in [0.2, 0.25) is 5.78 Å². The number of halogens is 5. The molecule has 0 unspecified atom stereocenters. The Balaban J connectivity index is 1.95.